The lowest BCUT2D eigenvalue weighted by atomic mass is 9.73. The number of anilines is 2. The van der Waals surface area contributed by atoms with E-state index in [2.05, 4.69) is 15.3 Å². The maximum absolute atomic E-state index is 12.7. The van der Waals surface area contributed by atoms with Crippen molar-refractivity contribution in [2.24, 2.45) is 0 Å². The molecule has 0 radical (unpaired) electrons. The highest BCUT2D eigenvalue weighted by molar-refractivity contribution is 6.28. The Morgan fingerprint density at radius 3 is 2.75 bits per heavy atom. The van der Waals surface area contributed by atoms with Crippen LogP contribution in [-0.2, 0) is 0 Å². The second-order valence-electron chi connectivity index (χ2n) is 5.12. The number of fused-ring (bicyclic) bond motifs is 1. The predicted molar refractivity (Wildman–Crippen MR) is 66.7 cm³/mol. The summed E-state index contributed by atoms with van der Waals surface area (Å²) >= 11 is 5.68. The van der Waals surface area contributed by atoms with Crippen LogP contribution in [0.15, 0.2) is 6.20 Å². The Morgan fingerprint density at radius 2 is 2.20 bits per heavy atom. The average molecular weight is 309 g/mol. The maximum atomic E-state index is 12.7. The summed E-state index contributed by atoms with van der Waals surface area (Å²) in [5, 5.41) is 13.3. The zero-order chi connectivity index (χ0) is 14.5. The van der Waals surface area contributed by atoms with E-state index in [9.17, 15) is 18.3 Å². The summed E-state index contributed by atoms with van der Waals surface area (Å²) in [6.07, 6.45) is -2.49. The summed E-state index contributed by atoms with van der Waals surface area (Å²) in [7, 11) is 0. The van der Waals surface area contributed by atoms with Gasteiger partial charge >= 0.3 is 6.18 Å². The summed E-state index contributed by atoms with van der Waals surface area (Å²) < 4.78 is 38.2. The van der Waals surface area contributed by atoms with Gasteiger partial charge in [-0.2, -0.15) is 18.2 Å². The topological polar surface area (TPSA) is 61.3 Å². The number of aromatic nitrogens is 2. The lowest BCUT2D eigenvalue weighted by Gasteiger charge is -2.53. The molecule has 0 saturated heterocycles. The van der Waals surface area contributed by atoms with Gasteiger partial charge in [-0.3, -0.25) is 0 Å². The summed E-state index contributed by atoms with van der Waals surface area (Å²) in [5.74, 6) is 0.235. The molecule has 9 heteroatoms. The highest BCUT2D eigenvalue weighted by Crippen LogP contribution is 2.46. The van der Waals surface area contributed by atoms with Gasteiger partial charge in [-0.1, -0.05) is 0 Å². The highest BCUT2D eigenvalue weighted by Gasteiger charge is 2.52. The van der Waals surface area contributed by atoms with E-state index in [1.54, 1.807) is 0 Å². The van der Waals surface area contributed by atoms with Crippen LogP contribution in [0.5, 0.6) is 0 Å². The lowest BCUT2D eigenvalue weighted by Crippen LogP contribution is -2.65. The van der Waals surface area contributed by atoms with Gasteiger partial charge in [-0.05, 0) is 30.9 Å². The fourth-order valence-corrected chi connectivity index (χ4v) is 2.83. The Labute approximate surface area is 117 Å². The molecule has 3 rings (SSSR count). The summed E-state index contributed by atoms with van der Waals surface area (Å²) in [4.78, 5) is 8.51. The zero-order valence-electron chi connectivity index (χ0n) is 10.3. The third-order valence-corrected chi connectivity index (χ3v) is 3.98. The van der Waals surface area contributed by atoms with Gasteiger partial charge in [0, 0.05) is 0 Å². The molecule has 20 heavy (non-hydrogen) atoms. The number of hydrogen-bond acceptors (Lipinski definition) is 5. The first-order valence-corrected chi connectivity index (χ1v) is 6.51. The second kappa shape index (κ2) is 4.36. The lowest BCUT2D eigenvalue weighted by molar-refractivity contribution is -0.126. The molecule has 0 amide bonds. The number of halogens is 4. The van der Waals surface area contributed by atoms with E-state index in [0.717, 1.165) is 11.3 Å². The number of hydrogen-bond donors (Lipinski definition) is 2. The quantitative estimate of drug-likeness (QED) is 0.779. The minimum atomic E-state index is -4.43. The van der Waals surface area contributed by atoms with E-state index in [-0.39, 0.29) is 16.8 Å². The minimum Gasteiger partial charge on any atom is -0.371 e. The van der Waals surface area contributed by atoms with Gasteiger partial charge in [0.15, 0.2) is 12.0 Å². The van der Waals surface area contributed by atoms with E-state index in [0.29, 0.717) is 12.8 Å². The molecule has 2 aliphatic rings. The largest absolute Gasteiger partial charge is 0.406 e. The van der Waals surface area contributed by atoms with Gasteiger partial charge < -0.3 is 15.3 Å². The number of nitrogens with one attached hydrogen (secondary N) is 1. The Hall–Kier alpha value is -1.28. The van der Waals surface area contributed by atoms with Crippen molar-refractivity contribution in [1.29, 1.82) is 0 Å². The molecule has 0 bridgehead atoms. The van der Waals surface area contributed by atoms with E-state index < -0.39 is 24.5 Å². The molecule has 2 N–H and O–H groups in total. The van der Waals surface area contributed by atoms with Gasteiger partial charge in [0.1, 0.15) is 12.2 Å². The van der Waals surface area contributed by atoms with Crippen molar-refractivity contribution in [2.75, 3.05) is 16.8 Å². The SMILES string of the molecule is OC1N(CC(F)(F)F)c2cnc(Cl)nc2NC12CCC2. The third kappa shape index (κ3) is 2.16. The molecular weight excluding hydrogens is 297 g/mol. The first kappa shape index (κ1) is 13.7. The molecule has 1 aromatic rings. The number of rotatable bonds is 1. The fraction of sp³-hybridized carbons (Fsp3) is 0.636. The van der Waals surface area contributed by atoms with Crippen molar-refractivity contribution in [3.63, 3.8) is 0 Å². The number of aliphatic hydroxyl groups excluding tert-OH is 1. The van der Waals surface area contributed by atoms with Crippen LogP contribution < -0.4 is 10.2 Å². The van der Waals surface area contributed by atoms with Gasteiger partial charge in [0.2, 0.25) is 5.28 Å². The molecule has 2 heterocycles. The molecule has 1 saturated carbocycles. The number of alkyl halides is 3. The molecular formula is C11H12ClF3N4O. The molecule has 1 spiro atoms. The first-order valence-electron chi connectivity index (χ1n) is 6.13. The average Bonchev–Trinajstić information content (AvgIpc) is 2.28. The fourth-order valence-electron chi connectivity index (χ4n) is 2.69. The first-order chi connectivity index (χ1) is 9.31. The van der Waals surface area contributed by atoms with Crippen LogP contribution in [0.1, 0.15) is 19.3 Å². The van der Waals surface area contributed by atoms with E-state index in [1.165, 1.54) is 6.20 Å². The molecule has 1 aliphatic carbocycles. The summed E-state index contributed by atoms with van der Waals surface area (Å²) in [5.41, 5.74) is -0.674. The van der Waals surface area contributed by atoms with Gasteiger partial charge in [0.05, 0.1) is 11.7 Å². The number of nitrogens with zero attached hydrogens (tertiary/aromatic N) is 3. The van der Waals surface area contributed by atoms with Crippen molar-refractivity contribution in [3.8, 4) is 0 Å². The molecule has 110 valence electrons. The molecule has 1 aromatic heterocycles. The Bertz CT molecular complexity index is 535. The molecule has 0 aromatic carbocycles. The standard InChI is InChI=1S/C11H12ClF3N4O/c12-9-16-4-6-7(17-9)18-10(2-1-3-10)8(20)19(6)5-11(13,14)15/h4,8,20H,1-3,5H2,(H,16,17,18). The number of aliphatic hydroxyl groups is 1. The Morgan fingerprint density at radius 1 is 1.50 bits per heavy atom. The second-order valence-corrected chi connectivity index (χ2v) is 5.46. The Balaban J connectivity index is 2.02. The van der Waals surface area contributed by atoms with Crippen LogP contribution in [-0.4, -0.2) is 39.6 Å². The van der Waals surface area contributed by atoms with Crippen LogP contribution in [0, 0.1) is 0 Å². The molecule has 1 unspecified atom stereocenters. The van der Waals surface area contributed by atoms with Crippen molar-refractivity contribution >= 4 is 23.1 Å². The van der Waals surface area contributed by atoms with Crippen LogP contribution in [0.4, 0.5) is 24.7 Å². The summed E-state index contributed by atoms with van der Waals surface area (Å²) in [6, 6.07) is 0. The molecule has 5 nitrogen and oxygen atoms in total. The van der Waals surface area contributed by atoms with Crippen LogP contribution in [0.3, 0.4) is 0 Å². The normalized spacial score (nSPS) is 24.1. The van der Waals surface area contributed by atoms with E-state index in [1.807, 2.05) is 0 Å². The minimum absolute atomic E-state index is 0.0472. The monoisotopic (exact) mass is 308 g/mol. The van der Waals surface area contributed by atoms with Crippen LogP contribution >= 0.6 is 11.6 Å². The summed E-state index contributed by atoms with van der Waals surface area (Å²) in [6.45, 7) is -1.25. The Kier molecular flexibility index (Phi) is 2.98. The van der Waals surface area contributed by atoms with Crippen molar-refractivity contribution in [2.45, 2.75) is 37.2 Å². The van der Waals surface area contributed by atoms with Crippen molar-refractivity contribution < 1.29 is 18.3 Å². The highest BCUT2D eigenvalue weighted by atomic mass is 35.5. The van der Waals surface area contributed by atoms with E-state index in [4.69, 9.17) is 11.6 Å². The van der Waals surface area contributed by atoms with Gasteiger partial charge in [-0.15, -0.1) is 0 Å². The molecule has 1 aliphatic heterocycles. The zero-order valence-corrected chi connectivity index (χ0v) is 11.0. The van der Waals surface area contributed by atoms with E-state index >= 15 is 0 Å². The maximum Gasteiger partial charge on any atom is 0.406 e. The predicted octanol–water partition coefficient (Wildman–Crippen LogP) is 2.17. The third-order valence-electron chi connectivity index (χ3n) is 3.80. The molecule has 1 atom stereocenters. The van der Waals surface area contributed by atoms with Gasteiger partial charge in [-0.25, -0.2) is 4.98 Å². The van der Waals surface area contributed by atoms with Crippen LogP contribution in [0.2, 0.25) is 5.28 Å². The molecule has 1 fully saturated rings. The van der Waals surface area contributed by atoms with Gasteiger partial charge in [0.25, 0.3) is 0 Å². The van der Waals surface area contributed by atoms with Crippen molar-refractivity contribution in [3.05, 3.63) is 11.5 Å². The van der Waals surface area contributed by atoms with Crippen LogP contribution in [0.25, 0.3) is 0 Å². The van der Waals surface area contributed by atoms with Crippen molar-refractivity contribution in [1.82, 2.24) is 9.97 Å². The smallest absolute Gasteiger partial charge is 0.371 e.